The van der Waals surface area contributed by atoms with Crippen LogP contribution in [-0.4, -0.2) is 36.3 Å². The first kappa shape index (κ1) is 15.9. The molecule has 1 saturated heterocycles. The van der Waals surface area contributed by atoms with Crippen LogP contribution in [0.3, 0.4) is 0 Å². The van der Waals surface area contributed by atoms with Crippen LogP contribution in [0.2, 0.25) is 0 Å². The minimum absolute atomic E-state index is 0.110. The highest BCUT2D eigenvalue weighted by atomic mass is 16.5. The van der Waals surface area contributed by atoms with Crippen molar-refractivity contribution in [2.24, 2.45) is 5.92 Å². The van der Waals surface area contributed by atoms with E-state index in [1.807, 2.05) is 12.1 Å². The van der Waals surface area contributed by atoms with E-state index in [1.54, 1.807) is 7.11 Å². The van der Waals surface area contributed by atoms with Crippen molar-refractivity contribution in [1.82, 2.24) is 4.90 Å². The molecule has 0 radical (unpaired) electrons. The summed E-state index contributed by atoms with van der Waals surface area (Å²) in [5.74, 6) is 7.82. The lowest BCUT2D eigenvalue weighted by atomic mass is 10.1. The monoisotopic (exact) mass is 287 g/mol. The smallest absolute Gasteiger partial charge is 0.119 e. The molecule has 1 aromatic carbocycles. The molecule has 1 aliphatic heterocycles. The fourth-order valence-electron chi connectivity index (χ4n) is 2.99. The fraction of sp³-hybridized carbons (Fsp3) is 0.556. The van der Waals surface area contributed by atoms with Gasteiger partial charge in [0.05, 0.1) is 13.7 Å². The molecule has 2 unspecified atom stereocenters. The molecule has 2 atom stereocenters. The van der Waals surface area contributed by atoms with E-state index >= 15 is 0 Å². The first-order chi connectivity index (χ1) is 10.1. The third kappa shape index (κ3) is 4.23. The zero-order valence-corrected chi connectivity index (χ0v) is 13.2. The van der Waals surface area contributed by atoms with Crippen LogP contribution in [0.5, 0.6) is 5.75 Å². The number of aliphatic hydroxyl groups is 1. The van der Waals surface area contributed by atoms with Crippen LogP contribution in [0.25, 0.3) is 0 Å². The van der Waals surface area contributed by atoms with Gasteiger partial charge in [0.15, 0.2) is 0 Å². The summed E-state index contributed by atoms with van der Waals surface area (Å²) in [6, 6.07) is 6.66. The number of likely N-dealkylation sites (tertiary alicyclic amines) is 1. The molecule has 0 bridgehead atoms. The number of methoxy groups -OCH3 is 1. The summed E-state index contributed by atoms with van der Waals surface area (Å²) in [5.41, 5.74) is 2.25. The van der Waals surface area contributed by atoms with Gasteiger partial charge in [0.2, 0.25) is 0 Å². The van der Waals surface area contributed by atoms with Crippen molar-refractivity contribution in [2.45, 2.75) is 39.3 Å². The molecular formula is C18H25NO2. The summed E-state index contributed by atoms with van der Waals surface area (Å²) in [6.45, 7) is 6.76. The molecule has 2 rings (SSSR count). The normalized spacial score (nSPS) is 21.9. The Morgan fingerprint density at radius 1 is 1.38 bits per heavy atom. The molecule has 3 nitrogen and oxygen atoms in total. The van der Waals surface area contributed by atoms with Crippen LogP contribution in [0.1, 0.15) is 37.8 Å². The predicted molar refractivity (Wildman–Crippen MR) is 85.2 cm³/mol. The summed E-state index contributed by atoms with van der Waals surface area (Å²) in [4.78, 5) is 2.51. The first-order valence-electron chi connectivity index (χ1n) is 7.64. The lowest BCUT2D eigenvalue weighted by Gasteiger charge is -2.22. The number of ether oxygens (including phenoxy) is 1. The van der Waals surface area contributed by atoms with Gasteiger partial charge in [-0.25, -0.2) is 0 Å². The Labute approximate surface area is 127 Å². The third-order valence-electron chi connectivity index (χ3n) is 4.06. The molecule has 1 N–H and O–H groups in total. The average Bonchev–Trinajstić information content (AvgIpc) is 2.78. The minimum atomic E-state index is 0.110. The molecule has 114 valence electrons. The second kappa shape index (κ2) is 7.49. The predicted octanol–water partition coefficient (Wildman–Crippen LogP) is 2.66. The van der Waals surface area contributed by atoms with Crippen LogP contribution in [-0.2, 0) is 6.54 Å². The summed E-state index contributed by atoms with van der Waals surface area (Å²) < 4.78 is 5.34. The van der Waals surface area contributed by atoms with Crippen molar-refractivity contribution in [1.29, 1.82) is 0 Å². The Kier molecular flexibility index (Phi) is 5.67. The summed E-state index contributed by atoms with van der Waals surface area (Å²) in [7, 11) is 1.69. The molecule has 1 aromatic rings. The molecular weight excluding hydrogens is 262 g/mol. The molecule has 1 fully saturated rings. The maximum absolute atomic E-state index is 8.86. The van der Waals surface area contributed by atoms with Gasteiger partial charge in [-0.2, -0.15) is 0 Å². The third-order valence-corrected chi connectivity index (χ3v) is 4.06. The van der Waals surface area contributed by atoms with E-state index in [2.05, 4.69) is 36.7 Å². The maximum Gasteiger partial charge on any atom is 0.119 e. The van der Waals surface area contributed by atoms with E-state index in [1.165, 1.54) is 12.0 Å². The Balaban J connectivity index is 2.21. The summed E-state index contributed by atoms with van der Waals surface area (Å²) >= 11 is 0. The molecule has 0 spiro atoms. The van der Waals surface area contributed by atoms with E-state index in [0.717, 1.165) is 30.3 Å². The zero-order valence-electron chi connectivity index (χ0n) is 13.2. The van der Waals surface area contributed by atoms with Gasteiger partial charge < -0.3 is 9.84 Å². The lowest BCUT2D eigenvalue weighted by Crippen LogP contribution is -2.26. The standard InChI is InChI=1S/C18H25NO2/c1-14-10-15(2)19(12-14)13-17-11-18(21-3)8-7-16(17)6-4-5-9-20/h7-8,11,14-15,20H,5,9-10,12-13H2,1-3H3. The first-order valence-corrected chi connectivity index (χ1v) is 7.64. The van der Waals surface area contributed by atoms with Gasteiger partial charge in [0.25, 0.3) is 0 Å². The van der Waals surface area contributed by atoms with E-state index in [-0.39, 0.29) is 6.61 Å². The highest BCUT2D eigenvalue weighted by Gasteiger charge is 2.26. The molecule has 1 aliphatic rings. The topological polar surface area (TPSA) is 32.7 Å². The number of benzene rings is 1. The second-order valence-electron chi connectivity index (χ2n) is 5.92. The van der Waals surface area contributed by atoms with Crippen molar-refractivity contribution in [2.75, 3.05) is 20.3 Å². The molecule has 0 aliphatic carbocycles. The van der Waals surface area contributed by atoms with Crippen molar-refractivity contribution in [3.05, 3.63) is 29.3 Å². The maximum atomic E-state index is 8.86. The van der Waals surface area contributed by atoms with E-state index in [9.17, 15) is 0 Å². The highest BCUT2D eigenvalue weighted by molar-refractivity contribution is 5.45. The van der Waals surface area contributed by atoms with Crippen LogP contribution in [0.15, 0.2) is 18.2 Å². The van der Waals surface area contributed by atoms with Crippen molar-refractivity contribution in [3.8, 4) is 17.6 Å². The molecule has 0 amide bonds. The highest BCUT2D eigenvalue weighted by Crippen LogP contribution is 2.26. The molecule has 1 heterocycles. The van der Waals surface area contributed by atoms with E-state index in [0.29, 0.717) is 12.5 Å². The van der Waals surface area contributed by atoms with Crippen molar-refractivity contribution in [3.63, 3.8) is 0 Å². The van der Waals surface area contributed by atoms with Gasteiger partial charge in [-0.3, -0.25) is 4.90 Å². The Morgan fingerprint density at radius 3 is 2.81 bits per heavy atom. The number of rotatable bonds is 4. The average molecular weight is 287 g/mol. The van der Waals surface area contributed by atoms with Crippen LogP contribution >= 0.6 is 0 Å². The summed E-state index contributed by atoms with van der Waals surface area (Å²) in [5, 5.41) is 8.86. The number of hydrogen-bond donors (Lipinski definition) is 1. The SMILES string of the molecule is COc1ccc(C#CCCO)c(CN2CC(C)CC2C)c1. The van der Waals surface area contributed by atoms with Gasteiger partial charge in [0.1, 0.15) is 5.75 Å². The summed E-state index contributed by atoms with van der Waals surface area (Å²) in [6.07, 6.45) is 1.78. The number of hydrogen-bond acceptors (Lipinski definition) is 3. The van der Waals surface area contributed by atoms with E-state index in [4.69, 9.17) is 9.84 Å². The van der Waals surface area contributed by atoms with Gasteiger partial charge in [-0.05, 0) is 43.0 Å². The van der Waals surface area contributed by atoms with Crippen LogP contribution in [0, 0.1) is 17.8 Å². The quantitative estimate of drug-likeness (QED) is 0.864. The van der Waals surface area contributed by atoms with Crippen LogP contribution in [0.4, 0.5) is 0 Å². The van der Waals surface area contributed by atoms with Crippen LogP contribution < -0.4 is 4.74 Å². The molecule has 0 aromatic heterocycles. The molecule has 0 saturated carbocycles. The Morgan fingerprint density at radius 2 is 2.19 bits per heavy atom. The second-order valence-corrected chi connectivity index (χ2v) is 5.92. The van der Waals surface area contributed by atoms with E-state index < -0.39 is 0 Å². The molecule has 3 heteroatoms. The minimum Gasteiger partial charge on any atom is -0.497 e. The number of aliphatic hydroxyl groups excluding tert-OH is 1. The fourth-order valence-corrected chi connectivity index (χ4v) is 2.99. The molecule has 21 heavy (non-hydrogen) atoms. The van der Waals surface area contributed by atoms with Gasteiger partial charge >= 0.3 is 0 Å². The zero-order chi connectivity index (χ0) is 15.2. The lowest BCUT2D eigenvalue weighted by molar-refractivity contribution is 0.256. The van der Waals surface area contributed by atoms with Crippen molar-refractivity contribution >= 4 is 0 Å². The van der Waals surface area contributed by atoms with Crippen molar-refractivity contribution < 1.29 is 9.84 Å². The van der Waals surface area contributed by atoms with Gasteiger partial charge in [-0.15, -0.1) is 0 Å². The largest absolute Gasteiger partial charge is 0.497 e. The van der Waals surface area contributed by atoms with Gasteiger partial charge in [0, 0.05) is 31.1 Å². The number of nitrogens with zero attached hydrogens (tertiary/aromatic N) is 1. The Bertz CT molecular complexity index is 530. The Hall–Kier alpha value is -1.50. The van der Waals surface area contributed by atoms with Gasteiger partial charge in [-0.1, -0.05) is 18.8 Å².